The number of nitrogens with two attached hydrogens (primary N) is 2. The lowest BCUT2D eigenvalue weighted by molar-refractivity contribution is 0.367. The summed E-state index contributed by atoms with van der Waals surface area (Å²) in [6, 6.07) is -0.0870. The largest absolute Gasteiger partial charge is 0.370 e. The highest BCUT2D eigenvalue weighted by Gasteiger charge is 2.39. The van der Waals surface area contributed by atoms with Gasteiger partial charge in [0, 0.05) is 0 Å². The van der Waals surface area contributed by atoms with Crippen LogP contribution in [0.4, 0.5) is 0 Å². The zero-order valence-electron chi connectivity index (χ0n) is 6.68. The molecule has 0 aromatic rings. The second kappa shape index (κ2) is 3.21. The molecule has 0 aromatic heterocycles. The summed E-state index contributed by atoms with van der Waals surface area (Å²) in [4.78, 5) is 8.56. The third-order valence-electron chi connectivity index (χ3n) is 2.04. The van der Waals surface area contributed by atoms with E-state index in [1.807, 2.05) is 0 Å². The summed E-state index contributed by atoms with van der Waals surface area (Å²) in [7, 11) is 2.50. The number of nitrogens with zero attached hydrogens (tertiary/aromatic N) is 3. The summed E-state index contributed by atoms with van der Waals surface area (Å²) in [5.41, 5.74) is 11.5. The van der Waals surface area contributed by atoms with Gasteiger partial charge in [-0.3, -0.25) is 0 Å². The van der Waals surface area contributed by atoms with Crippen LogP contribution >= 0.6 is 32.0 Å². The molecule has 0 fully saturated rings. The molecule has 13 heavy (non-hydrogen) atoms. The molecule has 4 atom stereocenters. The molecule has 0 amide bonds. The molecule has 0 aliphatic carbocycles. The van der Waals surface area contributed by atoms with Crippen molar-refractivity contribution in [3.05, 3.63) is 0 Å². The van der Waals surface area contributed by atoms with E-state index in [4.69, 9.17) is 11.5 Å². The Morgan fingerprint density at radius 2 is 2.23 bits per heavy atom. The van der Waals surface area contributed by atoms with Crippen molar-refractivity contribution in [2.75, 3.05) is 0 Å². The second-order valence-corrected chi connectivity index (χ2v) is 4.47. The van der Waals surface area contributed by atoms with Crippen LogP contribution in [0.5, 0.6) is 0 Å². The molecule has 8 heteroatoms. The van der Waals surface area contributed by atoms with Crippen molar-refractivity contribution in [2.45, 2.75) is 18.4 Å². The van der Waals surface area contributed by atoms with Crippen LogP contribution in [0.2, 0.25) is 0 Å². The number of hydrogen-bond acceptors (Lipinski definition) is 6. The predicted molar refractivity (Wildman–Crippen MR) is 63.3 cm³/mol. The first-order valence-corrected chi connectivity index (χ1v) is 5.32. The Bertz CT molecular complexity index is 291. The minimum absolute atomic E-state index is 0.0758. The van der Waals surface area contributed by atoms with Crippen LogP contribution in [0.15, 0.2) is 9.98 Å². The van der Waals surface area contributed by atoms with Gasteiger partial charge in [-0.05, 0) is 32.0 Å². The van der Waals surface area contributed by atoms with Crippen LogP contribution in [0, 0.1) is 0 Å². The van der Waals surface area contributed by atoms with Crippen molar-refractivity contribution in [1.29, 1.82) is 0 Å². The third kappa shape index (κ3) is 1.49. The van der Waals surface area contributed by atoms with Crippen LogP contribution in [0.3, 0.4) is 0 Å². The molecule has 0 saturated heterocycles. The lowest BCUT2D eigenvalue weighted by Gasteiger charge is -2.30. The molecule has 0 spiro atoms. The Morgan fingerprint density at radius 1 is 1.54 bits per heavy atom. The van der Waals surface area contributed by atoms with Gasteiger partial charge in [-0.25, -0.2) is 9.98 Å². The van der Waals surface area contributed by atoms with Crippen LogP contribution in [0.25, 0.3) is 0 Å². The summed E-state index contributed by atoms with van der Waals surface area (Å²) in [6.07, 6.45) is -0.286. The molecule has 6 nitrogen and oxygen atoms in total. The number of rotatable bonds is 0. The lowest BCUT2D eigenvalue weighted by atomic mass is 10.2. The number of guanidine groups is 1. The molecule has 0 aromatic carbocycles. The standard InChI is InChI=1S/C5H10IN6P/c6-4-10-2(7)1-3(11-4)12(13)5(8)9-1/h1-3H,7,13H2,(H2,8,9)(H,10,11)/t1-,2?,3?/m1/s1. The SMILES string of the molecule is NC1=N[C@@H]2C(N)NC(I)=NC2N1P. The van der Waals surface area contributed by atoms with Crippen LogP contribution in [-0.2, 0) is 0 Å². The Hall–Kier alpha value is -0.140. The smallest absolute Gasteiger partial charge is 0.196 e. The molecule has 0 saturated carbocycles. The summed E-state index contributed by atoms with van der Waals surface area (Å²) in [5.74, 6) is 0.465. The fraction of sp³-hybridized carbons (Fsp3) is 0.600. The van der Waals surface area contributed by atoms with Crippen molar-refractivity contribution in [3.63, 3.8) is 0 Å². The molecule has 2 rings (SSSR count). The molecule has 3 unspecified atom stereocenters. The van der Waals surface area contributed by atoms with Crippen LogP contribution in [0.1, 0.15) is 0 Å². The van der Waals surface area contributed by atoms with E-state index < -0.39 is 0 Å². The van der Waals surface area contributed by atoms with Crippen molar-refractivity contribution >= 4 is 41.8 Å². The monoisotopic (exact) mass is 312 g/mol. The molecule has 72 valence electrons. The Morgan fingerprint density at radius 3 is 2.92 bits per heavy atom. The van der Waals surface area contributed by atoms with E-state index in [1.54, 1.807) is 4.67 Å². The van der Waals surface area contributed by atoms with Gasteiger partial charge in [0.05, 0.1) is 0 Å². The molecule has 0 bridgehead atoms. The lowest BCUT2D eigenvalue weighted by Crippen LogP contribution is -2.56. The van der Waals surface area contributed by atoms with E-state index in [9.17, 15) is 0 Å². The van der Waals surface area contributed by atoms with E-state index >= 15 is 0 Å². The Balaban J connectivity index is 2.31. The molecule has 2 aliphatic heterocycles. The topological polar surface area (TPSA) is 92.0 Å². The molecular formula is C5H10IN6P. The number of hydrogen-bond donors (Lipinski definition) is 3. The maximum Gasteiger partial charge on any atom is 0.196 e. The Labute approximate surface area is 91.6 Å². The van der Waals surface area contributed by atoms with Gasteiger partial charge in [0.25, 0.3) is 0 Å². The number of halogens is 1. The third-order valence-corrected chi connectivity index (χ3v) is 3.20. The average molecular weight is 312 g/mol. The van der Waals surface area contributed by atoms with E-state index in [1.165, 1.54) is 0 Å². The fourth-order valence-corrected chi connectivity index (χ4v) is 2.32. The van der Waals surface area contributed by atoms with Gasteiger partial charge >= 0.3 is 0 Å². The minimum atomic E-state index is -0.210. The summed E-state index contributed by atoms with van der Waals surface area (Å²) >= 11 is 2.10. The zero-order valence-corrected chi connectivity index (χ0v) is 10.00. The first-order valence-electron chi connectivity index (χ1n) is 3.72. The summed E-state index contributed by atoms with van der Waals surface area (Å²) in [5, 5.41) is 3.01. The van der Waals surface area contributed by atoms with Crippen molar-refractivity contribution < 1.29 is 0 Å². The van der Waals surface area contributed by atoms with Crippen LogP contribution in [-0.4, -0.2) is 32.8 Å². The number of amidine groups is 1. The van der Waals surface area contributed by atoms with E-state index in [-0.39, 0.29) is 18.4 Å². The van der Waals surface area contributed by atoms with Gasteiger partial charge in [0.15, 0.2) is 16.0 Å². The van der Waals surface area contributed by atoms with Gasteiger partial charge in [-0.1, -0.05) is 0 Å². The van der Waals surface area contributed by atoms with Gasteiger partial charge in [0.2, 0.25) is 0 Å². The maximum atomic E-state index is 5.84. The predicted octanol–water partition coefficient (Wildman–Crippen LogP) is -1.22. The normalized spacial score (nSPS) is 37.8. The number of nitrogens with one attached hydrogen (secondary N) is 1. The molecule has 5 N–H and O–H groups in total. The highest BCUT2D eigenvalue weighted by Crippen LogP contribution is 2.25. The van der Waals surface area contributed by atoms with Crippen molar-refractivity contribution in [2.24, 2.45) is 21.5 Å². The quantitative estimate of drug-likeness (QED) is 0.297. The summed E-state index contributed by atoms with van der Waals surface area (Å²) < 4.78 is 2.55. The molecule has 2 heterocycles. The highest BCUT2D eigenvalue weighted by molar-refractivity contribution is 14.1. The van der Waals surface area contributed by atoms with Crippen LogP contribution < -0.4 is 16.8 Å². The van der Waals surface area contributed by atoms with E-state index in [0.717, 1.165) is 3.84 Å². The highest BCUT2D eigenvalue weighted by atomic mass is 127. The second-order valence-electron chi connectivity index (χ2n) is 2.89. The number of fused-ring (bicyclic) bond motifs is 1. The molecular weight excluding hydrogens is 302 g/mol. The summed E-state index contributed by atoms with van der Waals surface area (Å²) in [6.45, 7) is 0. The number of aliphatic imine (C=N–C) groups is 2. The average Bonchev–Trinajstić information content (AvgIpc) is 2.32. The minimum Gasteiger partial charge on any atom is -0.370 e. The Kier molecular flexibility index (Phi) is 2.33. The first kappa shape index (κ1) is 9.42. The van der Waals surface area contributed by atoms with E-state index in [0.29, 0.717) is 5.96 Å². The van der Waals surface area contributed by atoms with Gasteiger partial charge < -0.3 is 21.5 Å². The molecule has 0 radical (unpaired) electrons. The van der Waals surface area contributed by atoms with Crippen molar-refractivity contribution in [1.82, 2.24) is 9.99 Å². The zero-order chi connectivity index (χ0) is 9.59. The molecule has 2 aliphatic rings. The van der Waals surface area contributed by atoms with Gasteiger partial charge in [0.1, 0.15) is 12.2 Å². The first-order chi connectivity index (χ1) is 6.09. The van der Waals surface area contributed by atoms with Crippen molar-refractivity contribution in [3.8, 4) is 0 Å². The van der Waals surface area contributed by atoms with Gasteiger partial charge in [-0.2, -0.15) is 0 Å². The fourth-order valence-electron chi connectivity index (χ4n) is 1.37. The van der Waals surface area contributed by atoms with E-state index in [2.05, 4.69) is 47.3 Å². The van der Waals surface area contributed by atoms with Gasteiger partial charge in [-0.15, -0.1) is 0 Å². The maximum absolute atomic E-state index is 5.84.